The Morgan fingerprint density at radius 2 is 2.38 bits per heavy atom. The molecule has 1 saturated carbocycles. The minimum atomic E-state index is 0.327. The quantitative estimate of drug-likeness (QED) is 0.210. The van der Waals surface area contributed by atoms with Crippen LogP contribution in [0.4, 0.5) is 0 Å². The molecule has 0 aromatic carbocycles. The van der Waals surface area contributed by atoms with Gasteiger partial charge in [-0.1, -0.05) is 18.5 Å². The first-order chi connectivity index (χ1) is 7.77. The molecule has 1 rings (SSSR count). The van der Waals surface area contributed by atoms with Gasteiger partial charge in [0.2, 0.25) is 0 Å². The average molecular weight is 245 g/mol. The highest BCUT2D eigenvalue weighted by molar-refractivity contribution is 7.99. The molecule has 0 saturated heterocycles. The van der Waals surface area contributed by atoms with Gasteiger partial charge in [0.1, 0.15) is 5.84 Å². The lowest BCUT2D eigenvalue weighted by Gasteiger charge is -2.20. The summed E-state index contributed by atoms with van der Waals surface area (Å²) in [4.78, 5) is 0. The van der Waals surface area contributed by atoms with Crippen molar-refractivity contribution in [3.05, 3.63) is 0 Å². The minimum absolute atomic E-state index is 0.327. The second-order valence-corrected chi connectivity index (χ2v) is 5.70. The Balaban J connectivity index is 2.12. The Morgan fingerprint density at radius 1 is 1.56 bits per heavy atom. The van der Waals surface area contributed by atoms with Crippen LogP contribution in [-0.2, 0) is 0 Å². The molecule has 5 heteroatoms. The molecule has 0 heterocycles. The van der Waals surface area contributed by atoms with Gasteiger partial charge in [0.15, 0.2) is 0 Å². The maximum absolute atomic E-state index is 8.40. The summed E-state index contributed by atoms with van der Waals surface area (Å²) in [6.07, 6.45) is 5.59. The molecule has 4 nitrogen and oxygen atoms in total. The van der Waals surface area contributed by atoms with Crippen LogP contribution >= 0.6 is 11.8 Å². The highest BCUT2D eigenvalue weighted by Crippen LogP contribution is 2.29. The van der Waals surface area contributed by atoms with Crippen LogP contribution in [0.2, 0.25) is 0 Å². The SMILES string of the molecule is CCSC1CCCC1NCCCC(N)=NO. The number of rotatable bonds is 7. The fourth-order valence-corrected chi connectivity index (χ4v) is 3.41. The molecule has 1 fully saturated rings. The van der Waals surface area contributed by atoms with E-state index in [0.717, 1.165) is 18.2 Å². The van der Waals surface area contributed by atoms with E-state index in [4.69, 9.17) is 10.9 Å². The van der Waals surface area contributed by atoms with E-state index in [1.54, 1.807) is 0 Å². The van der Waals surface area contributed by atoms with Gasteiger partial charge in [0.05, 0.1) is 0 Å². The van der Waals surface area contributed by atoms with Gasteiger partial charge >= 0.3 is 0 Å². The number of nitrogens with one attached hydrogen (secondary N) is 1. The van der Waals surface area contributed by atoms with Crippen LogP contribution in [0, 0.1) is 0 Å². The third kappa shape index (κ3) is 4.61. The highest BCUT2D eigenvalue weighted by Gasteiger charge is 2.26. The molecule has 0 aromatic heterocycles. The topological polar surface area (TPSA) is 70.6 Å². The van der Waals surface area contributed by atoms with Crippen LogP contribution in [0.25, 0.3) is 0 Å². The van der Waals surface area contributed by atoms with Crippen LogP contribution < -0.4 is 11.1 Å². The smallest absolute Gasteiger partial charge is 0.139 e. The summed E-state index contributed by atoms with van der Waals surface area (Å²) in [5.41, 5.74) is 5.41. The second kappa shape index (κ2) is 7.79. The maximum atomic E-state index is 8.40. The van der Waals surface area contributed by atoms with Crippen LogP contribution in [0.1, 0.15) is 39.0 Å². The normalized spacial score (nSPS) is 26.2. The Kier molecular flexibility index (Phi) is 6.64. The van der Waals surface area contributed by atoms with Crippen molar-refractivity contribution < 1.29 is 5.21 Å². The van der Waals surface area contributed by atoms with E-state index in [9.17, 15) is 0 Å². The number of hydrogen-bond donors (Lipinski definition) is 3. The Hall–Kier alpha value is -0.420. The summed E-state index contributed by atoms with van der Waals surface area (Å²) in [6.45, 7) is 3.18. The van der Waals surface area contributed by atoms with E-state index < -0.39 is 0 Å². The largest absolute Gasteiger partial charge is 0.409 e. The highest BCUT2D eigenvalue weighted by atomic mass is 32.2. The number of oxime groups is 1. The van der Waals surface area contributed by atoms with E-state index in [2.05, 4.69) is 29.2 Å². The molecule has 0 amide bonds. The molecule has 4 N–H and O–H groups in total. The van der Waals surface area contributed by atoms with Gasteiger partial charge < -0.3 is 16.3 Å². The van der Waals surface area contributed by atoms with E-state index in [1.165, 1.54) is 25.0 Å². The molecule has 2 unspecified atom stereocenters. The lowest BCUT2D eigenvalue weighted by Crippen LogP contribution is -2.35. The van der Waals surface area contributed by atoms with Crippen molar-refractivity contribution in [2.45, 2.75) is 50.3 Å². The fraction of sp³-hybridized carbons (Fsp3) is 0.909. The lowest BCUT2D eigenvalue weighted by molar-refractivity contribution is 0.316. The third-order valence-corrected chi connectivity index (χ3v) is 4.30. The van der Waals surface area contributed by atoms with Crippen molar-refractivity contribution in [2.24, 2.45) is 10.9 Å². The zero-order valence-corrected chi connectivity index (χ0v) is 10.8. The van der Waals surface area contributed by atoms with Crippen LogP contribution in [0.15, 0.2) is 5.16 Å². The molecular formula is C11H23N3OS. The number of nitrogens with zero attached hydrogens (tertiary/aromatic N) is 1. The molecule has 1 aliphatic carbocycles. The molecule has 16 heavy (non-hydrogen) atoms. The lowest BCUT2D eigenvalue weighted by atomic mass is 10.2. The predicted molar refractivity (Wildman–Crippen MR) is 70.2 cm³/mol. The van der Waals surface area contributed by atoms with E-state index >= 15 is 0 Å². The molecular weight excluding hydrogens is 222 g/mol. The first-order valence-corrected chi connectivity index (χ1v) is 7.14. The second-order valence-electron chi connectivity index (χ2n) is 4.18. The standard InChI is InChI=1S/C11H23N3OS/c1-2-16-10-6-3-5-9(10)13-8-4-7-11(12)14-15/h9-10,13,15H,2-8H2,1H3,(H2,12,14). The van der Waals surface area contributed by atoms with Crippen molar-refractivity contribution in [3.63, 3.8) is 0 Å². The number of thioether (sulfide) groups is 1. The Bertz CT molecular complexity index is 223. The van der Waals surface area contributed by atoms with Gasteiger partial charge in [-0.2, -0.15) is 11.8 Å². The van der Waals surface area contributed by atoms with E-state index in [-0.39, 0.29) is 0 Å². The van der Waals surface area contributed by atoms with Crippen LogP contribution in [-0.4, -0.2) is 34.6 Å². The summed E-state index contributed by atoms with van der Waals surface area (Å²) in [6, 6.07) is 0.664. The third-order valence-electron chi connectivity index (χ3n) is 2.98. The molecule has 0 aliphatic heterocycles. The number of hydrogen-bond acceptors (Lipinski definition) is 4. The summed E-state index contributed by atoms with van der Waals surface area (Å²) in [5, 5.41) is 15.7. The molecule has 0 radical (unpaired) electrons. The summed E-state index contributed by atoms with van der Waals surface area (Å²) in [5.74, 6) is 1.53. The van der Waals surface area contributed by atoms with Gasteiger partial charge in [-0.05, 0) is 31.6 Å². The van der Waals surface area contributed by atoms with Crippen LogP contribution in [0.5, 0.6) is 0 Å². The molecule has 94 valence electrons. The molecule has 2 atom stereocenters. The minimum Gasteiger partial charge on any atom is -0.409 e. The van der Waals surface area contributed by atoms with Gasteiger partial charge in [-0.3, -0.25) is 0 Å². The molecule has 1 aliphatic rings. The van der Waals surface area contributed by atoms with Crippen molar-refractivity contribution in [2.75, 3.05) is 12.3 Å². The number of nitrogens with two attached hydrogens (primary N) is 1. The maximum Gasteiger partial charge on any atom is 0.139 e. The monoisotopic (exact) mass is 245 g/mol. The van der Waals surface area contributed by atoms with Crippen molar-refractivity contribution in [1.29, 1.82) is 0 Å². The average Bonchev–Trinajstić information content (AvgIpc) is 2.72. The zero-order chi connectivity index (χ0) is 11.8. The first kappa shape index (κ1) is 13.6. The molecule has 0 bridgehead atoms. The van der Waals surface area contributed by atoms with Gasteiger partial charge in [0, 0.05) is 17.7 Å². The van der Waals surface area contributed by atoms with Crippen molar-refractivity contribution in [1.82, 2.24) is 5.32 Å². The Morgan fingerprint density at radius 3 is 3.06 bits per heavy atom. The van der Waals surface area contributed by atoms with Gasteiger partial charge in [-0.25, -0.2) is 0 Å². The summed E-state index contributed by atoms with van der Waals surface area (Å²) < 4.78 is 0. The van der Waals surface area contributed by atoms with Crippen molar-refractivity contribution in [3.8, 4) is 0 Å². The molecule has 0 spiro atoms. The molecule has 0 aromatic rings. The predicted octanol–water partition coefficient (Wildman–Crippen LogP) is 1.78. The summed E-state index contributed by atoms with van der Waals surface area (Å²) in [7, 11) is 0. The number of amidine groups is 1. The van der Waals surface area contributed by atoms with E-state index in [1.807, 2.05) is 0 Å². The zero-order valence-electron chi connectivity index (χ0n) is 9.98. The Labute approximate surface area is 102 Å². The van der Waals surface area contributed by atoms with E-state index in [0.29, 0.717) is 18.3 Å². The first-order valence-electron chi connectivity index (χ1n) is 6.09. The summed E-state index contributed by atoms with van der Waals surface area (Å²) >= 11 is 2.06. The fourth-order valence-electron chi connectivity index (χ4n) is 2.18. The van der Waals surface area contributed by atoms with Gasteiger partial charge in [-0.15, -0.1) is 0 Å². The van der Waals surface area contributed by atoms with Crippen molar-refractivity contribution >= 4 is 17.6 Å². The van der Waals surface area contributed by atoms with Crippen LogP contribution in [0.3, 0.4) is 0 Å². The van der Waals surface area contributed by atoms with Gasteiger partial charge in [0.25, 0.3) is 0 Å².